The molecule has 1 heterocycles. The molecule has 164 valence electrons. The molecule has 0 fully saturated rings. The number of halogens is 4. The van der Waals surface area contributed by atoms with Crippen LogP contribution in [0.25, 0.3) is 10.9 Å². The van der Waals surface area contributed by atoms with Gasteiger partial charge in [0.25, 0.3) is 5.91 Å². The van der Waals surface area contributed by atoms with Crippen LogP contribution in [0.3, 0.4) is 0 Å². The van der Waals surface area contributed by atoms with E-state index >= 15 is 4.39 Å². The number of aliphatic carboxylic acids is 1. The van der Waals surface area contributed by atoms with E-state index in [2.05, 4.69) is 0 Å². The zero-order valence-electron chi connectivity index (χ0n) is 17.1. The lowest BCUT2D eigenvalue weighted by atomic mass is 9.72. The molecule has 0 aliphatic rings. The van der Waals surface area contributed by atoms with Gasteiger partial charge in [-0.05, 0) is 38.0 Å². The minimum absolute atomic E-state index is 0.0350. The molecule has 2 aromatic carbocycles. The zero-order chi connectivity index (χ0) is 23.4. The lowest BCUT2D eigenvalue weighted by molar-refractivity contribution is -0.145. The molecule has 31 heavy (non-hydrogen) atoms. The second-order valence-electron chi connectivity index (χ2n) is 7.81. The van der Waals surface area contributed by atoms with Gasteiger partial charge in [-0.15, -0.1) is 0 Å². The van der Waals surface area contributed by atoms with E-state index in [9.17, 15) is 33.0 Å². The minimum Gasteiger partial charge on any atom is -0.503 e. The average Bonchev–Trinajstić information content (AvgIpc) is 2.98. The van der Waals surface area contributed by atoms with Gasteiger partial charge in [0.05, 0.1) is 10.9 Å². The van der Waals surface area contributed by atoms with Crippen molar-refractivity contribution in [3.05, 3.63) is 64.4 Å². The number of rotatable bonds is 4. The number of hydrogen-bond acceptors (Lipinski definition) is 3. The number of phenolic OH excluding ortho intramolecular Hbond substituents is 1. The van der Waals surface area contributed by atoms with Crippen LogP contribution in [0.15, 0.2) is 24.3 Å². The van der Waals surface area contributed by atoms with Crippen molar-refractivity contribution in [2.45, 2.75) is 33.1 Å². The Bertz CT molecular complexity index is 1250. The summed E-state index contributed by atoms with van der Waals surface area (Å²) in [5.74, 6) is -9.47. The number of carbonyl (C=O) groups excluding carboxylic acids is 1. The maximum atomic E-state index is 15.0. The van der Waals surface area contributed by atoms with E-state index in [1.54, 1.807) is 13.8 Å². The molecule has 0 aliphatic carbocycles. The van der Waals surface area contributed by atoms with Crippen LogP contribution in [0.4, 0.5) is 17.6 Å². The van der Waals surface area contributed by atoms with Gasteiger partial charge in [-0.3, -0.25) is 14.2 Å². The molecule has 9 heteroatoms. The predicted octanol–water partition coefficient (Wildman–Crippen LogP) is 4.90. The van der Waals surface area contributed by atoms with Gasteiger partial charge >= 0.3 is 5.97 Å². The minimum atomic E-state index is -1.73. The summed E-state index contributed by atoms with van der Waals surface area (Å²) in [7, 11) is 0. The first kappa shape index (κ1) is 22.3. The first-order chi connectivity index (χ1) is 14.3. The van der Waals surface area contributed by atoms with Crippen molar-refractivity contribution < 1.29 is 37.4 Å². The summed E-state index contributed by atoms with van der Waals surface area (Å²) in [5, 5.41) is 19.3. The summed E-state index contributed by atoms with van der Waals surface area (Å²) in [4.78, 5) is 25.4. The summed E-state index contributed by atoms with van der Waals surface area (Å²) >= 11 is 0. The number of carbonyl (C=O) groups is 2. The van der Waals surface area contributed by atoms with Crippen molar-refractivity contribution in [2.75, 3.05) is 0 Å². The zero-order valence-corrected chi connectivity index (χ0v) is 17.1. The molecule has 3 rings (SSSR count). The highest BCUT2D eigenvalue weighted by molar-refractivity contribution is 6.06. The molecule has 0 radical (unpaired) electrons. The Kier molecular flexibility index (Phi) is 5.33. The summed E-state index contributed by atoms with van der Waals surface area (Å²) in [6, 6.07) is 3.06. The Morgan fingerprint density at radius 3 is 2.16 bits per heavy atom. The number of phenols is 1. The normalized spacial score (nSPS) is 13.6. The third-order valence-electron chi connectivity index (χ3n) is 5.85. The topological polar surface area (TPSA) is 79.5 Å². The molecular formula is C22H19F4NO4. The van der Waals surface area contributed by atoms with E-state index < -0.39 is 57.6 Å². The lowest BCUT2D eigenvalue weighted by Crippen LogP contribution is -2.38. The Hall–Kier alpha value is -3.36. The van der Waals surface area contributed by atoms with Crippen molar-refractivity contribution >= 4 is 22.8 Å². The molecule has 0 saturated carbocycles. The highest BCUT2D eigenvalue weighted by atomic mass is 19.2. The van der Waals surface area contributed by atoms with E-state index in [0.717, 1.165) is 16.7 Å². The lowest BCUT2D eigenvalue weighted by Gasteiger charge is -2.30. The van der Waals surface area contributed by atoms with E-state index in [0.29, 0.717) is 12.1 Å². The fraction of sp³-hybridized carbons (Fsp3) is 0.273. The van der Waals surface area contributed by atoms with Crippen molar-refractivity contribution in [1.82, 2.24) is 4.57 Å². The number of carboxylic acid groups (broad SMARTS) is 1. The molecule has 1 atom stereocenters. The molecule has 3 aromatic rings. The van der Waals surface area contributed by atoms with E-state index in [1.807, 2.05) is 0 Å². The SMILES string of the molecule is Cc1c([C@](C)(C(=O)O)C(C)C)c2c(F)c(O)c(F)cc2n1C(=O)c1ccc(F)c(F)c1. The second-order valence-corrected chi connectivity index (χ2v) is 7.81. The Morgan fingerprint density at radius 1 is 1.03 bits per heavy atom. The molecule has 0 unspecified atom stereocenters. The molecule has 0 spiro atoms. The van der Waals surface area contributed by atoms with Crippen LogP contribution >= 0.6 is 0 Å². The number of aromatic nitrogens is 1. The first-order valence-corrected chi connectivity index (χ1v) is 9.29. The molecule has 5 nitrogen and oxygen atoms in total. The van der Waals surface area contributed by atoms with E-state index in [-0.39, 0.29) is 22.3 Å². The van der Waals surface area contributed by atoms with Crippen LogP contribution in [0, 0.1) is 36.1 Å². The summed E-state index contributed by atoms with van der Waals surface area (Å²) in [6.45, 7) is 5.82. The van der Waals surface area contributed by atoms with Crippen molar-refractivity contribution in [2.24, 2.45) is 5.92 Å². The third-order valence-corrected chi connectivity index (χ3v) is 5.85. The smallest absolute Gasteiger partial charge is 0.314 e. The number of carboxylic acids is 1. The number of benzene rings is 2. The van der Waals surface area contributed by atoms with Crippen LogP contribution in [-0.4, -0.2) is 26.7 Å². The van der Waals surface area contributed by atoms with Crippen LogP contribution in [-0.2, 0) is 10.2 Å². The maximum Gasteiger partial charge on any atom is 0.314 e. The van der Waals surface area contributed by atoms with Crippen LogP contribution in [0.2, 0.25) is 0 Å². The number of nitrogens with zero attached hydrogens (tertiary/aromatic N) is 1. The van der Waals surface area contributed by atoms with Gasteiger partial charge in [0.15, 0.2) is 29.0 Å². The monoisotopic (exact) mass is 437 g/mol. The van der Waals surface area contributed by atoms with Gasteiger partial charge < -0.3 is 10.2 Å². The standard InChI is InChI=1S/C22H19F4NO4/c1-9(2)22(4,21(30)31)17-10(3)27(15-8-14(25)19(28)18(26)16(15)17)20(29)11-5-6-12(23)13(24)7-11/h5-9,28H,1-4H3,(H,30,31)/t22-/m1/s1. The molecule has 2 N–H and O–H groups in total. The summed E-state index contributed by atoms with van der Waals surface area (Å²) in [5.41, 5.74) is -2.56. The van der Waals surface area contributed by atoms with Crippen molar-refractivity contribution in [1.29, 1.82) is 0 Å². The predicted molar refractivity (Wildman–Crippen MR) is 104 cm³/mol. The van der Waals surface area contributed by atoms with Gasteiger partial charge in [-0.1, -0.05) is 13.8 Å². The highest BCUT2D eigenvalue weighted by Crippen LogP contribution is 2.44. The second kappa shape index (κ2) is 7.40. The largest absolute Gasteiger partial charge is 0.503 e. The Balaban J connectivity index is 2.49. The van der Waals surface area contributed by atoms with Gasteiger partial charge in [-0.2, -0.15) is 0 Å². The van der Waals surface area contributed by atoms with Gasteiger partial charge in [0, 0.05) is 28.3 Å². The Labute approximate surface area is 174 Å². The fourth-order valence-corrected chi connectivity index (χ4v) is 3.78. The Morgan fingerprint density at radius 2 is 1.65 bits per heavy atom. The quantitative estimate of drug-likeness (QED) is 0.569. The van der Waals surface area contributed by atoms with Crippen molar-refractivity contribution in [3.8, 4) is 5.75 Å². The van der Waals surface area contributed by atoms with E-state index in [1.165, 1.54) is 13.8 Å². The molecule has 1 aromatic heterocycles. The summed E-state index contributed by atoms with van der Waals surface area (Å²) in [6.07, 6.45) is 0. The van der Waals surface area contributed by atoms with Crippen LogP contribution in [0.5, 0.6) is 5.75 Å². The van der Waals surface area contributed by atoms with Gasteiger partial charge in [0.1, 0.15) is 0 Å². The van der Waals surface area contributed by atoms with Crippen molar-refractivity contribution in [3.63, 3.8) is 0 Å². The summed E-state index contributed by atoms with van der Waals surface area (Å²) < 4.78 is 57.1. The molecule has 0 bridgehead atoms. The van der Waals surface area contributed by atoms with E-state index in [4.69, 9.17) is 0 Å². The molecule has 0 amide bonds. The van der Waals surface area contributed by atoms with Gasteiger partial charge in [-0.25, -0.2) is 17.6 Å². The number of aromatic hydroxyl groups is 1. The highest BCUT2D eigenvalue weighted by Gasteiger charge is 2.44. The third kappa shape index (κ3) is 3.15. The van der Waals surface area contributed by atoms with Gasteiger partial charge in [0.2, 0.25) is 0 Å². The fourth-order valence-electron chi connectivity index (χ4n) is 3.78. The molecule has 0 aliphatic heterocycles. The average molecular weight is 437 g/mol. The first-order valence-electron chi connectivity index (χ1n) is 9.29. The molecular weight excluding hydrogens is 418 g/mol. The molecule has 0 saturated heterocycles. The van der Waals surface area contributed by atoms with Crippen LogP contribution in [0.1, 0.15) is 42.4 Å². The maximum absolute atomic E-state index is 15.0. The number of hydrogen-bond donors (Lipinski definition) is 2. The van der Waals surface area contributed by atoms with Crippen LogP contribution < -0.4 is 0 Å². The number of fused-ring (bicyclic) bond motifs is 1.